The van der Waals surface area contributed by atoms with Gasteiger partial charge in [-0.3, -0.25) is 10.1 Å². The van der Waals surface area contributed by atoms with E-state index in [1.54, 1.807) is 13.0 Å². The second kappa shape index (κ2) is 7.29. The van der Waals surface area contributed by atoms with Gasteiger partial charge in [0.2, 0.25) is 0 Å². The normalized spacial score (nSPS) is 20.5. The molecule has 8 heteroatoms. The van der Waals surface area contributed by atoms with Gasteiger partial charge in [0.1, 0.15) is 5.56 Å². The van der Waals surface area contributed by atoms with Crippen LogP contribution in [0, 0.1) is 16.0 Å². The first-order valence-electron chi connectivity index (χ1n) is 7.78. The maximum absolute atomic E-state index is 12.0. The van der Waals surface area contributed by atoms with E-state index in [4.69, 9.17) is 9.84 Å². The minimum Gasteiger partial charge on any atom is -0.465 e. The van der Waals surface area contributed by atoms with Crippen LogP contribution >= 0.6 is 0 Å². The number of nitro benzene ring substituents is 1. The van der Waals surface area contributed by atoms with Crippen LogP contribution in [0.25, 0.3) is 0 Å². The van der Waals surface area contributed by atoms with Crippen molar-refractivity contribution in [2.45, 2.75) is 26.2 Å². The van der Waals surface area contributed by atoms with Gasteiger partial charge < -0.3 is 14.7 Å². The fourth-order valence-electron chi connectivity index (χ4n) is 3.13. The van der Waals surface area contributed by atoms with Crippen molar-refractivity contribution in [3.8, 4) is 0 Å². The average Bonchev–Trinajstić information content (AvgIpc) is 2.54. The SMILES string of the molecule is CCOC(=O)c1cc(C2CCN(C(=O)O)CC2C)ccc1[N+](=O)[O-]. The number of carbonyl (C=O) groups is 2. The number of esters is 1. The van der Waals surface area contributed by atoms with Gasteiger partial charge in [0, 0.05) is 19.2 Å². The van der Waals surface area contributed by atoms with Crippen LogP contribution in [0.5, 0.6) is 0 Å². The molecule has 1 fully saturated rings. The number of amides is 1. The summed E-state index contributed by atoms with van der Waals surface area (Å²) in [6.45, 7) is 4.50. The number of nitrogens with zero attached hydrogens (tertiary/aromatic N) is 2. The fraction of sp³-hybridized carbons (Fsp3) is 0.500. The Bertz CT molecular complexity index is 660. The predicted molar refractivity (Wildman–Crippen MR) is 85.2 cm³/mol. The van der Waals surface area contributed by atoms with E-state index in [0.29, 0.717) is 19.5 Å². The molecule has 1 saturated heterocycles. The van der Waals surface area contributed by atoms with Crippen molar-refractivity contribution >= 4 is 17.7 Å². The zero-order chi connectivity index (χ0) is 17.9. The number of carboxylic acid groups (broad SMARTS) is 1. The third-order valence-electron chi connectivity index (χ3n) is 4.32. The number of likely N-dealkylation sites (tertiary alicyclic amines) is 1. The molecule has 8 nitrogen and oxygen atoms in total. The molecule has 0 aliphatic carbocycles. The Hall–Kier alpha value is -2.64. The first kappa shape index (κ1) is 17.7. The average molecular weight is 336 g/mol. The van der Waals surface area contributed by atoms with Crippen molar-refractivity contribution < 1.29 is 24.4 Å². The lowest BCUT2D eigenvalue weighted by molar-refractivity contribution is -0.385. The summed E-state index contributed by atoms with van der Waals surface area (Å²) in [6.07, 6.45) is -0.343. The minimum atomic E-state index is -0.948. The maximum atomic E-state index is 12.0. The van der Waals surface area contributed by atoms with Crippen LogP contribution in [0.4, 0.5) is 10.5 Å². The van der Waals surface area contributed by atoms with Crippen LogP contribution < -0.4 is 0 Å². The van der Waals surface area contributed by atoms with Crippen molar-refractivity contribution in [3.05, 3.63) is 39.4 Å². The van der Waals surface area contributed by atoms with Crippen molar-refractivity contribution in [1.29, 1.82) is 0 Å². The van der Waals surface area contributed by atoms with Gasteiger partial charge in [0.25, 0.3) is 5.69 Å². The molecule has 1 heterocycles. The molecule has 0 aromatic heterocycles. The lowest BCUT2D eigenvalue weighted by Gasteiger charge is -2.35. The lowest BCUT2D eigenvalue weighted by atomic mass is 9.81. The monoisotopic (exact) mass is 336 g/mol. The lowest BCUT2D eigenvalue weighted by Crippen LogP contribution is -2.41. The molecule has 2 unspecified atom stereocenters. The number of benzene rings is 1. The molecule has 130 valence electrons. The molecular weight excluding hydrogens is 316 g/mol. The molecule has 0 bridgehead atoms. The van der Waals surface area contributed by atoms with Crippen LogP contribution in [0.1, 0.15) is 42.1 Å². The molecule has 24 heavy (non-hydrogen) atoms. The van der Waals surface area contributed by atoms with Gasteiger partial charge in [0.05, 0.1) is 11.5 Å². The molecule has 1 aliphatic rings. The van der Waals surface area contributed by atoms with Gasteiger partial charge in [-0.15, -0.1) is 0 Å². The largest absolute Gasteiger partial charge is 0.465 e. The number of ether oxygens (including phenoxy) is 1. The Morgan fingerprint density at radius 1 is 1.46 bits per heavy atom. The zero-order valence-electron chi connectivity index (χ0n) is 13.6. The van der Waals surface area contributed by atoms with E-state index >= 15 is 0 Å². The standard InChI is InChI=1S/C16H20N2O6/c1-3-24-15(19)13-8-11(4-5-14(13)18(22)23)12-6-7-17(16(20)21)9-10(12)2/h4-5,8,10,12H,3,6-7,9H2,1-2H3,(H,20,21). The van der Waals surface area contributed by atoms with E-state index in [2.05, 4.69) is 0 Å². The van der Waals surface area contributed by atoms with Crippen LogP contribution in [0.15, 0.2) is 18.2 Å². The summed E-state index contributed by atoms with van der Waals surface area (Å²) in [5.41, 5.74) is 0.446. The first-order chi connectivity index (χ1) is 11.3. The Balaban J connectivity index is 2.31. The van der Waals surface area contributed by atoms with Gasteiger partial charge in [-0.2, -0.15) is 0 Å². The van der Waals surface area contributed by atoms with Crippen LogP contribution in [0.3, 0.4) is 0 Å². The molecule has 0 radical (unpaired) electrons. The highest BCUT2D eigenvalue weighted by Gasteiger charge is 2.31. The van der Waals surface area contributed by atoms with Crippen LogP contribution in [-0.2, 0) is 4.74 Å². The third-order valence-corrected chi connectivity index (χ3v) is 4.32. The van der Waals surface area contributed by atoms with Crippen LogP contribution in [0.2, 0.25) is 0 Å². The first-order valence-corrected chi connectivity index (χ1v) is 7.78. The number of hydrogen-bond donors (Lipinski definition) is 1. The zero-order valence-corrected chi connectivity index (χ0v) is 13.6. The number of rotatable bonds is 4. The molecule has 1 N–H and O–H groups in total. The van der Waals surface area contributed by atoms with Crippen molar-refractivity contribution in [1.82, 2.24) is 4.90 Å². The summed E-state index contributed by atoms with van der Waals surface area (Å²) in [5, 5.41) is 20.2. The Kier molecular flexibility index (Phi) is 5.38. The summed E-state index contributed by atoms with van der Waals surface area (Å²) >= 11 is 0. The number of hydrogen-bond acceptors (Lipinski definition) is 5. The number of piperidine rings is 1. The van der Waals surface area contributed by atoms with Gasteiger partial charge in [-0.05, 0) is 36.8 Å². The van der Waals surface area contributed by atoms with Gasteiger partial charge in [-0.1, -0.05) is 13.0 Å². The quantitative estimate of drug-likeness (QED) is 0.514. The molecule has 0 saturated carbocycles. The Morgan fingerprint density at radius 2 is 2.17 bits per heavy atom. The highest BCUT2D eigenvalue weighted by atomic mass is 16.6. The molecule has 2 rings (SSSR count). The van der Waals surface area contributed by atoms with Crippen LogP contribution in [-0.4, -0.2) is 46.7 Å². The number of nitro groups is 1. The Morgan fingerprint density at radius 3 is 2.71 bits per heavy atom. The molecule has 1 aliphatic heterocycles. The number of carbonyl (C=O) groups excluding carboxylic acids is 1. The summed E-state index contributed by atoms with van der Waals surface area (Å²) in [4.78, 5) is 35.0. The van der Waals surface area contributed by atoms with Crippen molar-refractivity contribution in [2.75, 3.05) is 19.7 Å². The molecular formula is C16H20N2O6. The van der Waals surface area contributed by atoms with Gasteiger partial charge >= 0.3 is 12.1 Å². The topological polar surface area (TPSA) is 110 Å². The van der Waals surface area contributed by atoms with Crippen molar-refractivity contribution in [3.63, 3.8) is 0 Å². The van der Waals surface area contributed by atoms with Gasteiger partial charge in [0.15, 0.2) is 0 Å². The maximum Gasteiger partial charge on any atom is 0.407 e. The molecule has 1 amide bonds. The smallest absolute Gasteiger partial charge is 0.407 e. The molecule has 2 atom stereocenters. The summed E-state index contributed by atoms with van der Waals surface area (Å²) in [5.74, 6) is -0.636. The molecule has 1 aromatic carbocycles. The summed E-state index contributed by atoms with van der Waals surface area (Å²) < 4.78 is 4.91. The van der Waals surface area contributed by atoms with E-state index in [9.17, 15) is 19.7 Å². The van der Waals surface area contributed by atoms with E-state index in [1.165, 1.54) is 17.0 Å². The Labute approximate surface area is 139 Å². The highest BCUT2D eigenvalue weighted by molar-refractivity contribution is 5.94. The van der Waals surface area contributed by atoms with Gasteiger partial charge in [-0.25, -0.2) is 9.59 Å². The second-order valence-electron chi connectivity index (χ2n) is 5.86. The van der Waals surface area contributed by atoms with Crippen molar-refractivity contribution in [2.24, 2.45) is 5.92 Å². The molecule has 1 aromatic rings. The highest BCUT2D eigenvalue weighted by Crippen LogP contribution is 2.35. The summed E-state index contributed by atoms with van der Waals surface area (Å²) in [7, 11) is 0. The third kappa shape index (κ3) is 3.64. The minimum absolute atomic E-state index is 0.0366. The fourth-order valence-corrected chi connectivity index (χ4v) is 3.13. The van der Waals surface area contributed by atoms with E-state index in [-0.39, 0.29) is 29.7 Å². The molecule has 0 spiro atoms. The van der Waals surface area contributed by atoms with E-state index < -0.39 is 17.0 Å². The van der Waals surface area contributed by atoms with E-state index in [1.807, 2.05) is 6.92 Å². The predicted octanol–water partition coefficient (Wildman–Crippen LogP) is 2.87. The van der Waals surface area contributed by atoms with E-state index in [0.717, 1.165) is 5.56 Å². The summed E-state index contributed by atoms with van der Waals surface area (Å²) in [6, 6.07) is 4.46. The second-order valence-corrected chi connectivity index (χ2v) is 5.86.